The lowest BCUT2D eigenvalue weighted by Gasteiger charge is -2.46. The normalized spacial score (nSPS) is 35.3. The summed E-state index contributed by atoms with van der Waals surface area (Å²) in [5.74, 6) is -3.96. The van der Waals surface area contributed by atoms with Crippen molar-refractivity contribution in [3.8, 4) is 0 Å². The molecule has 3 rings (SSSR count). The van der Waals surface area contributed by atoms with Gasteiger partial charge in [-0.3, -0.25) is 19.2 Å². The van der Waals surface area contributed by atoms with Crippen molar-refractivity contribution in [3.63, 3.8) is 0 Å². The molecule has 38 heavy (non-hydrogen) atoms. The van der Waals surface area contributed by atoms with Gasteiger partial charge in [-0.2, -0.15) is 0 Å². The molecule has 15 nitrogen and oxygen atoms in total. The van der Waals surface area contributed by atoms with Gasteiger partial charge in [0.05, 0.1) is 6.04 Å². The van der Waals surface area contributed by atoms with Crippen LogP contribution >= 0.6 is 0 Å². The molecule has 2 fully saturated rings. The maximum atomic E-state index is 12.1. The van der Waals surface area contributed by atoms with E-state index in [-0.39, 0.29) is 0 Å². The molecule has 9 atom stereocenters. The number of hydrogen-bond donors (Lipinski definition) is 0. The van der Waals surface area contributed by atoms with Crippen LogP contribution in [-0.2, 0) is 57.1 Å². The van der Waals surface area contributed by atoms with Crippen LogP contribution in [0.4, 0.5) is 0 Å². The lowest BCUT2D eigenvalue weighted by molar-refractivity contribution is -0.324. The fraction of sp³-hybridized carbons (Fsp3) is 0.739. The SMILES string of the molecule is CC(=O)OC[C@H]1O[C@@H](O[C@H]2[C@@H]3OC(C)(C)O[C@@H]3C=C[C@@H]2N=[N+]=[N-])[C@H](OC(C)=O)[C@@H](OC(C)=O)[C@H]1OC(C)=O. The van der Waals surface area contributed by atoms with Gasteiger partial charge in [-0.25, -0.2) is 0 Å². The first kappa shape index (κ1) is 29.3. The topological polar surface area (TPSA) is 191 Å². The monoisotopic (exact) mass is 541 g/mol. The zero-order chi connectivity index (χ0) is 28.2. The molecule has 15 heteroatoms. The average molecular weight is 542 g/mol. The molecule has 0 unspecified atom stereocenters. The van der Waals surface area contributed by atoms with Gasteiger partial charge in [0, 0.05) is 32.6 Å². The summed E-state index contributed by atoms with van der Waals surface area (Å²) in [6.07, 6.45) is -5.94. The molecule has 0 spiro atoms. The Bertz CT molecular complexity index is 1010. The molecule has 0 bridgehead atoms. The highest BCUT2D eigenvalue weighted by atomic mass is 16.8. The van der Waals surface area contributed by atoms with Crippen LogP contribution in [0.15, 0.2) is 17.3 Å². The summed E-state index contributed by atoms with van der Waals surface area (Å²) in [7, 11) is 0. The summed E-state index contributed by atoms with van der Waals surface area (Å²) in [4.78, 5) is 50.4. The summed E-state index contributed by atoms with van der Waals surface area (Å²) in [6.45, 7) is 7.51. The highest BCUT2D eigenvalue weighted by Gasteiger charge is 2.56. The molecule has 0 aromatic heterocycles. The summed E-state index contributed by atoms with van der Waals surface area (Å²) in [5.41, 5.74) is 9.12. The Morgan fingerprint density at radius 3 is 2.05 bits per heavy atom. The molecule has 0 amide bonds. The molecule has 0 saturated carbocycles. The molecule has 2 heterocycles. The molecular weight excluding hydrogens is 510 g/mol. The Balaban J connectivity index is 2.02. The van der Waals surface area contributed by atoms with Gasteiger partial charge >= 0.3 is 23.9 Å². The van der Waals surface area contributed by atoms with Crippen LogP contribution in [0.1, 0.15) is 41.5 Å². The van der Waals surface area contributed by atoms with Gasteiger partial charge in [-0.05, 0) is 19.4 Å². The van der Waals surface area contributed by atoms with Crippen LogP contribution in [-0.4, -0.2) is 91.3 Å². The minimum atomic E-state index is -1.48. The lowest BCUT2D eigenvalue weighted by atomic mass is 9.93. The zero-order valence-corrected chi connectivity index (χ0v) is 21.8. The van der Waals surface area contributed by atoms with Crippen molar-refractivity contribution >= 4 is 23.9 Å². The van der Waals surface area contributed by atoms with Crippen molar-refractivity contribution in [3.05, 3.63) is 22.6 Å². The average Bonchev–Trinajstić information content (AvgIpc) is 3.11. The van der Waals surface area contributed by atoms with E-state index in [4.69, 9.17) is 43.4 Å². The Morgan fingerprint density at radius 1 is 0.868 bits per heavy atom. The largest absolute Gasteiger partial charge is 0.463 e. The van der Waals surface area contributed by atoms with E-state index in [1.807, 2.05) is 0 Å². The Morgan fingerprint density at radius 2 is 1.47 bits per heavy atom. The third-order valence-electron chi connectivity index (χ3n) is 5.75. The van der Waals surface area contributed by atoms with Gasteiger partial charge in [-0.15, -0.1) is 0 Å². The van der Waals surface area contributed by atoms with Crippen LogP contribution in [0.25, 0.3) is 10.4 Å². The minimum absolute atomic E-state index is 0.416. The summed E-state index contributed by atoms with van der Waals surface area (Å²) < 4.78 is 45.4. The van der Waals surface area contributed by atoms with Crippen LogP contribution in [0, 0.1) is 0 Å². The molecule has 0 aromatic rings. The van der Waals surface area contributed by atoms with E-state index >= 15 is 0 Å². The summed E-state index contributed by atoms with van der Waals surface area (Å²) in [6, 6.07) is -0.884. The molecule has 2 aliphatic heterocycles. The van der Waals surface area contributed by atoms with Crippen molar-refractivity contribution in [1.29, 1.82) is 0 Å². The summed E-state index contributed by atoms with van der Waals surface area (Å²) in [5, 5.41) is 3.77. The number of azide groups is 1. The first-order valence-corrected chi connectivity index (χ1v) is 11.9. The number of ether oxygens (including phenoxy) is 8. The van der Waals surface area contributed by atoms with E-state index in [1.165, 1.54) is 6.92 Å². The second kappa shape index (κ2) is 12.1. The van der Waals surface area contributed by atoms with Crippen LogP contribution in [0.2, 0.25) is 0 Å². The van der Waals surface area contributed by atoms with Gasteiger partial charge in [0.25, 0.3) is 0 Å². The van der Waals surface area contributed by atoms with E-state index in [9.17, 15) is 19.2 Å². The number of hydrogen-bond acceptors (Lipinski definition) is 13. The van der Waals surface area contributed by atoms with Gasteiger partial charge in [0.1, 0.15) is 31.0 Å². The molecule has 0 N–H and O–H groups in total. The van der Waals surface area contributed by atoms with E-state index in [0.29, 0.717) is 0 Å². The van der Waals surface area contributed by atoms with Crippen molar-refractivity contribution in [1.82, 2.24) is 0 Å². The number of esters is 4. The van der Waals surface area contributed by atoms with Crippen LogP contribution in [0.3, 0.4) is 0 Å². The van der Waals surface area contributed by atoms with Gasteiger partial charge in [0.15, 0.2) is 30.4 Å². The first-order chi connectivity index (χ1) is 17.8. The predicted octanol–water partition coefficient (Wildman–Crippen LogP) is 1.22. The highest BCUT2D eigenvalue weighted by molar-refractivity contribution is 5.68. The second-order valence-corrected chi connectivity index (χ2v) is 9.31. The van der Waals surface area contributed by atoms with Gasteiger partial charge in [0.2, 0.25) is 0 Å². The highest BCUT2D eigenvalue weighted by Crippen LogP contribution is 2.38. The smallest absolute Gasteiger partial charge is 0.303 e. The first-order valence-electron chi connectivity index (χ1n) is 11.9. The van der Waals surface area contributed by atoms with E-state index in [0.717, 1.165) is 20.8 Å². The van der Waals surface area contributed by atoms with Crippen molar-refractivity contribution in [2.45, 2.75) is 102 Å². The van der Waals surface area contributed by atoms with E-state index in [2.05, 4.69) is 10.0 Å². The van der Waals surface area contributed by atoms with Gasteiger partial charge < -0.3 is 37.9 Å². The minimum Gasteiger partial charge on any atom is -0.463 e. The van der Waals surface area contributed by atoms with Crippen LogP contribution in [0.5, 0.6) is 0 Å². The lowest BCUT2D eigenvalue weighted by Crippen LogP contribution is -2.64. The van der Waals surface area contributed by atoms with Gasteiger partial charge in [-0.1, -0.05) is 17.3 Å². The van der Waals surface area contributed by atoms with Crippen LogP contribution < -0.4 is 0 Å². The fourth-order valence-electron chi connectivity index (χ4n) is 4.52. The molecule has 1 aliphatic carbocycles. The third-order valence-corrected chi connectivity index (χ3v) is 5.75. The Kier molecular flexibility index (Phi) is 9.33. The summed E-state index contributed by atoms with van der Waals surface area (Å²) >= 11 is 0. The molecule has 0 radical (unpaired) electrons. The van der Waals surface area contributed by atoms with Crippen molar-refractivity contribution < 1.29 is 57.1 Å². The number of carbonyl (C=O) groups excluding carboxylic acids is 4. The van der Waals surface area contributed by atoms with Crippen molar-refractivity contribution in [2.24, 2.45) is 5.11 Å². The Hall–Kier alpha value is -3.23. The zero-order valence-electron chi connectivity index (χ0n) is 21.8. The number of fused-ring (bicyclic) bond motifs is 1. The molecule has 3 aliphatic rings. The maximum Gasteiger partial charge on any atom is 0.303 e. The Labute approximate surface area is 218 Å². The predicted molar refractivity (Wildman–Crippen MR) is 123 cm³/mol. The molecule has 210 valence electrons. The van der Waals surface area contributed by atoms with E-state index in [1.54, 1.807) is 26.0 Å². The standard InChI is InChI=1S/C23H31N3O12/c1-10(27)31-9-16-18(32-11(2)28)20(33-12(3)29)21(34-13(4)30)22(35-16)36-17-14(25-26-24)7-8-15-19(17)38-23(5,6)37-15/h7-8,14-22H,9H2,1-6H3/t14-,15+,16+,17+,18-,19+,20-,21+,22-/m0/s1. The van der Waals surface area contributed by atoms with E-state index < -0.39 is 91.3 Å². The number of carbonyl (C=O) groups is 4. The fourth-order valence-corrected chi connectivity index (χ4v) is 4.52. The van der Waals surface area contributed by atoms with Crippen molar-refractivity contribution in [2.75, 3.05) is 6.61 Å². The maximum absolute atomic E-state index is 12.1. The quantitative estimate of drug-likeness (QED) is 0.107. The number of nitrogens with zero attached hydrogens (tertiary/aromatic N) is 3. The third kappa shape index (κ3) is 7.20. The molecule has 2 saturated heterocycles. The second-order valence-electron chi connectivity index (χ2n) is 9.31. The molecular formula is C23H31N3O12. The number of rotatable bonds is 8. The molecule has 0 aromatic carbocycles.